The van der Waals surface area contributed by atoms with E-state index in [1.54, 1.807) is 24.4 Å². The highest BCUT2D eigenvalue weighted by molar-refractivity contribution is 7.99. The van der Waals surface area contributed by atoms with Gasteiger partial charge < -0.3 is 0 Å². The van der Waals surface area contributed by atoms with Gasteiger partial charge in [-0.25, -0.2) is 9.78 Å². The van der Waals surface area contributed by atoms with Crippen molar-refractivity contribution in [3.63, 3.8) is 0 Å². The third kappa shape index (κ3) is 3.48. The Bertz CT molecular complexity index is 634. The lowest BCUT2D eigenvalue weighted by molar-refractivity contribution is -0.385. The van der Waals surface area contributed by atoms with E-state index >= 15 is 0 Å². The number of nitrogens with zero attached hydrogens (tertiary/aromatic N) is 3. The lowest BCUT2D eigenvalue weighted by atomic mass is 10.3. The quantitative estimate of drug-likeness (QED) is 0.370. The van der Waals surface area contributed by atoms with E-state index in [9.17, 15) is 14.9 Å². The summed E-state index contributed by atoms with van der Waals surface area (Å²) in [6.45, 7) is 0. The predicted molar refractivity (Wildman–Crippen MR) is 69.2 cm³/mol. The smallest absolute Gasteiger partial charge is 0.258 e. The summed E-state index contributed by atoms with van der Waals surface area (Å²) >= 11 is 1.25. The van der Waals surface area contributed by atoms with Crippen LogP contribution >= 0.6 is 11.8 Å². The summed E-state index contributed by atoms with van der Waals surface area (Å²) in [5, 5.41) is 11.5. The van der Waals surface area contributed by atoms with Crippen molar-refractivity contribution in [3.05, 3.63) is 52.7 Å². The second-order valence-electron chi connectivity index (χ2n) is 3.42. The minimum absolute atomic E-state index is 0.130. The standard InChI is InChI=1S/C12H7N3O3S/c16-8-14-9-5-10(15(17)18)7-11(6-9)19-12-3-1-2-4-13-12/h1-7H. The Hall–Kier alpha value is -2.50. The van der Waals surface area contributed by atoms with Crippen molar-refractivity contribution in [1.29, 1.82) is 0 Å². The van der Waals surface area contributed by atoms with Crippen LogP contribution in [0.1, 0.15) is 0 Å². The summed E-state index contributed by atoms with van der Waals surface area (Å²) in [4.78, 5) is 28.6. The zero-order chi connectivity index (χ0) is 13.7. The molecule has 0 N–H and O–H groups in total. The minimum Gasteiger partial charge on any atom is -0.258 e. The third-order valence-electron chi connectivity index (χ3n) is 2.12. The van der Waals surface area contributed by atoms with E-state index in [0.29, 0.717) is 9.92 Å². The maximum Gasteiger partial charge on any atom is 0.272 e. The number of hydrogen-bond acceptors (Lipinski definition) is 6. The minimum atomic E-state index is -0.535. The first-order chi connectivity index (χ1) is 9.19. The van der Waals surface area contributed by atoms with Gasteiger partial charge in [0.25, 0.3) is 5.69 Å². The number of isocyanates is 1. The van der Waals surface area contributed by atoms with Gasteiger partial charge in [0.2, 0.25) is 6.08 Å². The van der Waals surface area contributed by atoms with Crippen LogP contribution in [0.25, 0.3) is 0 Å². The van der Waals surface area contributed by atoms with E-state index in [-0.39, 0.29) is 11.4 Å². The fourth-order valence-electron chi connectivity index (χ4n) is 1.38. The van der Waals surface area contributed by atoms with Crippen LogP contribution in [0, 0.1) is 10.1 Å². The Balaban J connectivity index is 2.39. The zero-order valence-electron chi connectivity index (χ0n) is 9.52. The van der Waals surface area contributed by atoms with E-state index in [1.807, 2.05) is 6.07 Å². The average molecular weight is 273 g/mol. The molecule has 1 heterocycles. The summed E-state index contributed by atoms with van der Waals surface area (Å²) < 4.78 is 0. The van der Waals surface area contributed by atoms with Crippen molar-refractivity contribution in [2.45, 2.75) is 9.92 Å². The van der Waals surface area contributed by atoms with Gasteiger partial charge in [-0.3, -0.25) is 10.1 Å². The zero-order valence-corrected chi connectivity index (χ0v) is 10.3. The molecule has 0 spiro atoms. The van der Waals surface area contributed by atoms with E-state index in [1.165, 1.54) is 30.0 Å². The highest BCUT2D eigenvalue weighted by atomic mass is 32.2. The number of non-ortho nitro benzene ring substituents is 1. The Morgan fingerprint density at radius 1 is 1.32 bits per heavy atom. The molecule has 2 aromatic rings. The SMILES string of the molecule is O=C=Nc1cc(Sc2ccccn2)cc([N+](=O)[O-])c1. The summed E-state index contributed by atoms with van der Waals surface area (Å²) in [6.07, 6.45) is 3.00. The molecule has 0 aliphatic rings. The lowest BCUT2D eigenvalue weighted by Crippen LogP contribution is -1.88. The van der Waals surface area contributed by atoms with Crippen molar-refractivity contribution in [3.8, 4) is 0 Å². The molecule has 0 aliphatic carbocycles. The molecule has 0 amide bonds. The van der Waals surface area contributed by atoms with Crippen molar-refractivity contribution in [2.24, 2.45) is 4.99 Å². The first-order valence-corrected chi connectivity index (χ1v) is 5.97. The molecule has 0 fully saturated rings. The van der Waals surface area contributed by atoms with Crippen molar-refractivity contribution >= 4 is 29.2 Å². The topological polar surface area (TPSA) is 85.5 Å². The lowest BCUT2D eigenvalue weighted by Gasteiger charge is -2.01. The van der Waals surface area contributed by atoms with Gasteiger partial charge in [-0.05, 0) is 18.2 Å². The summed E-state index contributed by atoms with van der Waals surface area (Å²) in [5.41, 5.74) is 0.0672. The second-order valence-corrected chi connectivity index (χ2v) is 4.51. The number of hydrogen-bond donors (Lipinski definition) is 0. The Kier molecular flexibility index (Phi) is 4.02. The molecule has 0 aliphatic heterocycles. The van der Waals surface area contributed by atoms with Crippen LogP contribution in [-0.2, 0) is 4.79 Å². The number of carbonyl (C=O) groups excluding carboxylic acids is 1. The maximum absolute atomic E-state index is 10.8. The fourth-order valence-corrected chi connectivity index (χ4v) is 2.24. The van der Waals surface area contributed by atoms with Gasteiger partial charge in [0.1, 0.15) is 5.03 Å². The number of rotatable bonds is 4. The van der Waals surface area contributed by atoms with Gasteiger partial charge in [0.15, 0.2) is 0 Å². The fraction of sp³-hybridized carbons (Fsp3) is 0. The normalized spacial score (nSPS) is 9.68. The van der Waals surface area contributed by atoms with Gasteiger partial charge >= 0.3 is 0 Å². The molecular weight excluding hydrogens is 266 g/mol. The molecule has 0 atom stereocenters. The third-order valence-corrected chi connectivity index (χ3v) is 3.04. The largest absolute Gasteiger partial charge is 0.272 e. The average Bonchev–Trinajstić information content (AvgIpc) is 2.40. The molecule has 1 aromatic carbocycles. The Morgan fingerprint density at radius 3 is 2.79 bits per heavy atom. The van der Waals surface area contributed by atoms with Gasteiger partial charge in [0.05, 0.1) is 10.6 Å². The van der Waals surface area contributed by atoms with Crippen LogP contribution in [-0.4, -0.2) is 16.0 Å². The molecular formula is C12H7N3O3S. The number of benzene rings is 1. The highest BCUT2D eigenvalue weighted by Crippen LogP contribution is 2.32. The van der Waals surface area contributed by atoms with Gasteiger partial charge in [-0.15, -0.1) is 0 Å². The predicted octanol–water partition coefficient (Wildman–Crippen LogP) is 3.11. The van der Waals surface area contributed by atoms with E-state index in [4.69, 9.17) is 0 Å². The number of aromatic nitrogens is 1. The molecule has 0 radical (unpaired) electrons. The number of nitro groups is 1. The van der Waals surface area contributed by atoms with Crippen LogP contribution in [0.4, 0.5) is 11.4 Å². The van der Waals surface area contributed by atoms with Crippen molar-refractivity contribution in [1.82, 2.24) is 4.98 Å². The van der Waals surface area contributed by atoms with Crippen LogP contribution in [0.3, 0.4) is 0 Å². The number of nitro benzene ring substituents is 1. The molecule has 19 heavy (non-hydrogen) atoms. The molecule has 94 valence electrons. The van der Waals surface area contributed by atoms with Crippen LogP contribution in [0.2, 0.25) is 0 Å². The number of aliphatic imine (C=N–C) groups is 1. The van der Waals surface area contributed by atoms with Gasteiger partial charge in [0, 0.05) is 23.2 Å². The van der Waals surface area contributed by atoms with Crippen molar-refractivity contribution in [2.75, 3.05) is 0 Å². The molecule has 0 unspecified atom stereocenters. The van der Waals surface area contributed by atoms with Crippen LogP contribution in [0.5, 0.6) is 0 Å². The first kappa shape index (κ1) is 12.9. The summed E-state index contributed by atoms with van der Waals surface area (Å²) in [7, 11) is 0. The molecule has 6 nitrogen and oxygen atoms in total. The summed E-state index contributed by atoms with van der Waals surface area (Å²) in [6, 6.07) is 9.57. The monoisotopic (exact) mass is 273 g/mol. The van der Waals surface area contributed by atoms with Crippen molar-refractivity contribution < 1.29 is 9.72 Å². The molecule has 2 rings (SSSR count). The summed E-state index contributed by atoms with van der Waals surface area (Å²) in [5.74, 6) is 0. The molecule has 0 saturated heterocycles. The van der Waals surface area contributed by atoms with E-state index in [2.05, 4.69) is 9.98 Å². The van der Waals surface area contributed by atoms with Crippen LogP contribution in [0.15, 0.2) is 57.5 Å². The molecule has 0 bridgehead atoms. The van der Waals surface area contributed by atoms with Gasteiger partial charge in [-0.1, -0.05) is 17.8 Å². The molecule has 7 heteroatoms. The highest BCUT2D eigenvalue weighted by Gasteiger charge is 2.10. The maximum atomic E-state index is 10.8. The van der Waals surface area contributed by atoms with Crippen LogP contribution < -0.4 is 0 Å². The Labute approximate surface area is 112 Å². The van der Waals surface area contributed by atoms with E-state index in [0.717, 1.165) is 0 Å². The molecule has 0 saturated carbocycles. The second kappa shape index (κ2) is 5.90. The molecule has 1 aromatic heterocycles. The van der Waals surface area contributed by atoms with Gasteiger partial charge in [-0.2, -0.15) is 4.99 Å². The van der Waals surface area contributed by atoms with E-state index < -0.39 is 4.92 Å². The Morgan fingerprint density at radius 2 is 2.16 bits per heavy atom. The first-order valence-electron chi connectivity index (χ1n) is 5.15. The number of pyridine rings is 1.